The third-order valence-corrected chi connectivity index (χ3v) is 11.2. The summed E-state index contributed by atoms with van der Waals surface area (Å²) in [4.78, 5) is 37.0. The molecule has 1 aromatic heterocycles. The number of rotatable bonds is 12. The largest absolute Gasteiger partial charge is 0.421 e. The van der Waals surface area contributed by atoms with Crippen molar-refractivity contribution in [3.8, 4) is 0 Å². The first-order chi connectivity index (χ1) is 25.7. The molecule has 0 aliphatic carbocycles. The monoisotopic (exact) mass is 764 g/mol. The van der Waals surface area contributed by atoms with Crippen molar-refractivity contribution in [2.24, 2.45) is 0 Å². The van der Waals surface area contributed by atoms with E-state index in [9.17, 15) is 31.2 Å². The number of halogens is 3. The summed E-state index contributed by atoms with van der Waals surface area (Å²) in [7, 11) is -0.0167. The van der Waals surface area contributed by atoms with E-state index in [2.05, 4.69) is 48.8 Å². The van der Waals surface area contributed by atoms with E-state index in [1.807, 2.05) is 42.5 Å². The van der Waals surface area contributed by atoms with Crippen molar-refractivity contribution in [3.05, 3.63) is 101 Å². The number of carbonyl (C=O) groups excluding carboxylic acids is 2. The lowest BCUT2D eigenvalue weighted by Gasteiger charge is -2.38. The Morgan fingerprint density at radius 1 is 0.963 bits per heavy atom. The molecule has 0 bridgehead atoms. The average molecular weight is 765 g/mol. The number of amides is 2. The van der Waals surface area contributed by atoms with Crippen LogP contribution >= 0.6 is 0 Å². The molecule has 0 radical (unpaired) electrons. The normalized spacial score (nSPS) is 17.0. The first kappa shape index (κ1) is 38.5. The predicted octanol–water partition coefficient (Wildman–Crippen LogP) is 5.87. The Bertz CT molecular complexity index is 2090. The summed E-state index contributed by atoms with van der Waals surface area (Å²) >= 11 is 0. The van der Waals surface area contributed by atoms with Gasteiger partial charge in [0.05, 0.1) is 17.9 Å². The Morgan fingerprint density at radius 2 is 1.69 bits per heavy atom. The highest BCUT2D eigenvalue weighted by molar-refractivity contribution is 7.92. The third kappa shape index (κ3) is 9.28. The maximum absolute atomic E-state index is 13.9. The van der Waals surface area contributed by atoms with Gasteiger partial charge in [0.15, 0.2) is 0 Å². The standard InChI is InChI=1S/C38H43F3N8O4S/c1-47(24-26-8-4-5-10-31(26)32-15-16-34(50)45-36(32)51)28-17-19-49(20-18-28)29-13-11-27(12-14-29)44-37-43-23-33(38(39,40)41)35(46-37)42-22-25-7-6-9-30(21-25)48(2)54(3,52)53/h4-14,21,23,28,32H,15-20,22,24H2,1-3H3,(H,45,50,51)(H2,42,43,44,46). The van der Waals surface area contributed by atoms with Gasteiger partial charge in [0, 0.05) is 63.3 Å². The maximum Gasteiger partial charge on any atom is 0.421 e. The van der Waals surface area contributed by atoms with Crippen LogP contribution in [0.3, 0.4) is 0 Å². The topological polar surface area (TPSA) is 140 Å². The number of nitrogens with zero attached hydrogens (tertiary/aromatic N) is 5. The third-order valence-electron chi connectivity index (χ3n) is 9.99. The molecule has 3 aromatic carbocycles. The molecule has 0 spiro atoms. The van der Waals surface area contributed by atoms with Crippen LogP contribution in [0.25, 0.3) is 0 Å². The van der Waals surface area contributed by atoms with Crippen LogP contribution in [0.15, 0.2) is 79.0 Å². The molecule has 3 heterocycles. The minimum absolute atomic E-state index is 0.0214. The number of imide groups is 1. The van der Waals surface area contributed by atoms with E-state index in [0.717, 1.165) is 59.5 Å². The van der Waals surface area contributed by atoms with Crippen LogP contribution in [-0.2, 0) is 38.9 Å². The van der Waals surface area contributed by atoms with E-state index in [-0.39, 0.29) is 30.2 Å². The SMILES string of the molecule is CN(Cc1ccccc1C1CCC(=O)NC1=O)C1CCN(c2ccc(Nc3ncc(C(F)(F)F)c(NCc4cccc(N(C)S(C)(=O)=O)c4)n3)cc2)CC1. The Morgan fingerprint density at radius 3 is 2.37 bits per heavy atom. The van der Waals surface area contributed by atoms with Gasteiger partial charge in [0.2, 0.25) is 27.8 Å². The molecule has 16 heteroatoms. The fourth-order valence-electron chi connectivity index (χ4n) is 6.88. The molecule has 286 valence electrons. The summed E-state index contributed by atoms with van der Waals surface area (Å²) in [5.74, 6) is -1.22. The molecule has 6 rings (SSSR count). The van der Waals surface area contributed by atoms with Gasteiger partial charge < -0.3 is 15.5 Å². The molecule has 4 aromatic rings. The molecule has 1 unspecified atom stereocenters. The van der Waals surface area contributed by atoms with Crippen LogP contribution in [0.5, 0.6) is 0 Å². The van der Waals surface area contributed by atoms with Crippen LogP contribution < -0.4 is 25.2 Å². The van der Waals surface area contributed by atoms with Crippen LogP contribution in [0.2, 0.25) is 0 Å². The maximum atomic E-state index is 13.9. The number of alkyl halides is 3. The molecule has 2 saturated heterocycles. The predicted molar refractivity (Wildman–Crippen MR) is 202 cm³/mol. The lowest BCUT2D eigenvalue weighted by atomic mass is 9.87. The molecule has 2 aliphatic heterocycles. The number of benzene rings is 3. The van der Waals surface area contributed by atoms with Gasteiger partial charge in [-0.2, -0.15) is 18.2 Å². The van der Waals surface area contributed by atoms with E-state index in [1.165, 1.54) is 7.05 Å². The average Bonchev–Trinajstić information content (AvgIpc) is 3.14. The van der Waals surface area contributed by atoms with Gasteiger partial charge in [-0.05, 0) is 79.4 Å². The highest BCUT2D eigenvalue weighted by Crippen LogP contribution is 2.35. The quantitative estimate of drug-likeness (QED) is 0.150. The number of sulfonamides is 1. The van der Waals surface area contributed by atoms with Crippen molar-refractivity contribution in [1.82, 2.24) is 20.2 Å². The van der Waals surface area contributed by atoms with E-state index >= 15 is 0 Å². The second-order valence-electron chi connectivity index (χ2n) is 13.7. The molecule has 54 heavy (non-hydrogen) atoms. The Kier molecular flexibility index (Phi) is 11.4. The van der Waals surface area contributed by atoms with Crippen molar-refractivity contribution in [2.45, 2.75) is 56.9 Å². The highest BCUT2D eigenvalue weighted by Gasteiger charge is 2.35. The molecule has 12 nitrogen and oxygen atoms in total. The summed E-state index contributed by atoms with van der Waals surface area (Å²) < 4.78 is 66.7. The lowest BCUT2D eigenvalue weighted by Crippen LogP contribution is -2.43. The molecular weight excluding hydrogens is 722 g/mol. The summed E-state index contributed by atoms with van der Waals surface area (Å²) in [6.07, 6.45) is -0.186. The molecule has 2 fully saturated rings. The van der Waals surface area contributed by atoms with Crippen LogP contribution in [0.4, 0.5) is 42.0 Å². The van der Waals surface area contributed by atoms with Crippen LogP contribution in [0, 0.1) is 0 Å². The smallest absolute Gasteiger partial charge is 0.371 e. The number of hydrogen-bond donors (Lipinski definition) is 3. The van der Waals surface area contributed by atoms with Crippen LogP contribution in [0.1, 0.15) is 53.9 Å². The molecule has 3 N–H and O–H groups in total. The van der Waals surface area contributed by atoms with E-state index in [1.54, 1.807) is 24.3 Å². The second-order valence-corrected chi connectivity index (χ2v) is 15.7. The number of carbonyl (C=O) groups is 2. The van der Waals surface area contributed by atoms with E-state index < -0.39 is 27.6 Å². The minimum atomic E-state index is -4.70. The molecule has 2 amide bonds. The number of hydrogen-bond acceptors (Lipinski definition) is 10. The number of anilines is 5. The molecule has 0 saturated carbocycles. The van der Waals surface area contributed by atoms with Crippen molar-refractivity contribution in [1.29, 1.82) is 0 Å². The van der Waals surface area contributed by atoms with Gasteiger partial charge in [-0.25, -0.2) is 13.4 Å². The van der Waals surface area contributed by atoms with Crippen LogP contribution in [-0.4, -0.2) is 74.6 Å². The molecular formula is C38H43F3N8O4S. The zero-order chi connectivity index (χ0) is 38.6. The summed E-state index contributed by atoms with van der Waals surface area (Å²) in [6, 6.07) is 22.3. The highest BCUT2D eigenvalue weighted by atomic mass is 32.2. The lowest BCUT2D eigenvalue weighted by molar-refractivity contribution is -0.137. The van der Waals surface area contributed by atoms with Gasteiger partial charge in [-0.15, -0.1) is 0 Å². The fraction of sp³-hybridized carbons (Fsp3) is 0.368. The first-order valence-electron chi connectivity index (χ1n) is 17.6. The van der Waals surface area contributed by atoms with E-state index in [4.69, 9.17) is 0 Å². The Balaban J connectivity index is 1.06. The zero-order valence-corrected chi connectivity index (χ0v) is 31.0. The summed E-state index contributed by atoms with van der Waals surface area (Å²) in [6.45, 7) is 2.32. The number of aromatic nitrogens is 2. The Hall–Kier alpha value is -5.22. The summed E-state index contributed by atoms with van der Waals surface area (Å²) in [5.41, 5.74) is 3.59. The van der Waals surface area contributed by atoms with Crippen molar-refractivity contribution in [2.75, 3.05) is 53.3 Å². The van der Waals surface area contributed by atoms with Gasteiger partial charge in [-0.3, -0.25) is 24.1 Å². The van der Waals surface area contributed by atoms with Crippen molar-refractivity contribution in [3.63, 3.8) is 0 Å². The second kappa shape index (κ2) is 16.0. The van der Waals surface area contributed by atoms with Crippen molar-refractivity contribution >= 4 is 50.7 Å². The zero-order valence-electron chi connectivity index (χ0n) is 30.2. The van der Waals surface area contributed by atoms with Gasteiger partial charge in [0.1, 0.15) is 11.4 Å². The number of piperidine rings is 2. The first-order valence-corrected chi connectivity index (χ1v) is 19.5. The minimum Gasteiger partial charge on any atom is -0.371 e. The molecule has 1 atom stereocenters. The fourth-order valence-corrected chi connectivity index (χ4v) is 7.38. The van der Waals surface area contributed by atoms with Gasteiger partial charge >= 0.3 is 6.18 Å². The van der Waals surface area contributed by atoms with Crippen molar-refractivity contribution < 1.29 is 31.2 Å². The summed E-state index contributed by atoms with van der Waals surface area (Å²) in [5, 5.41) is 8.22. The van der Waals surface area contributed by atoms with Gasteiger partial charge in [0.25, 0.3) is 0 Å². The molecule has 2 aliphatic rings. The van der Waals surface area contributed by atoms with E-state index in [0.29, 0.717) is 42.4 Å². The van der Waals surface area contributed by atoms with Gasteiger partial charge in [-0.1, -0.05) is 36.4 Å². The number of nitrogens with one attached hydrogen (secondary N) is 3. The Labute approximate surface area is 312 Å².